The summed E-state index contributed by atoms with van der Waals surface area (Å²) >= 11 is 0. The Bertz CT molecular complexity index is 1160. The highest BCUT2D eigenvalue weighted by molar-refractivity contribution is 5.86. The fraction of sp³-hybridized carbons (Fsp3) is 0.167. The van der Waals surface area contributed by atoms with E-state index in [1.807, 2.05) is 17.3 Å². The molecule has 33 heavy (non-hydrogen) atoms. The Hall–Kier alpha value is -3.85. The molecule has 3 heteroatoms. The summed E-state index contributed by atoms with van der Waals surface area (Å²) in [7, 11) is 2.16. The van der Waals surface area contributed by atoms with E-state index in [4.69, 9.17) is 0 Å². The Morgan fingerprint density at radius 2 is 1.73 bits per heavy atom. The molecule has 3 aromatic carbocycles. The van der Waals surface area contributed by atoms with Crippen LogP contribution in [0.4, 0.5) is 5.69 Å². The molecular weight excluding hydrogens is 402 g/mol. The molecule has 3 aromatic rings. The predicted molar refractivity (Wildman–Crippen MR) is 143 cm³/mol. The number of hydrazone groups is 1. The molecule has 0 fully saturated rings. The van der Waals surface area contributed by atoms with Crippen LogP contribution in [-0.2, 0) is 0 Å². The lowest BCUT2D eigenvalue weighted by Crippen LogP contribution is -2.28. The smallest absolute Gasteiger partial charge is 0.0584 e. The van der Waals surface area contributed by atoms with Crippen LogP contribution >= 0.6 is 0 Å². The first kappa shape index (κ1) is 22.3. The van der Waals surface area contributed by atoms with E-state index in [1.54, 1.807) is 6.21 Å². The lowest BCUT2D eigenvalue weighted by Gasteiger charge is -2.26. The van der Waals surface area contributed by atoms with Gasteiger partial charge in [0.05, 0.1) is 12.8 Å². The summed E-state index contributed by atoms with van der Waals surface area (Å²) in [6.07, 6.45) is 9.08. The van der Waals surface area contributed by atoms with Crippen LogP contribution in [0.15, 0.2) is 108 Å². The van der Waals surface area contributed by atoms with Gasteiger partial charge in [-0.2, -0.15) is 5.10 Å². The van der Waals surface area contributed by atoms with Crippen molar-refractivity contribution in [1.29, 1.82) is 0 Å². The average molecular weight is 434 g/mol. The molecule has 0 saturated heterocycles. The maximum Gasteiger partial charge on any atom is 0.0584 e. The molecule has 1 aliphatic heterocycles. The molecular formula is C30H31N3. The molecule has 0 saturated carbocycles. The summed E-state index contributed by atoms with van der Waals surface area (Å²) in [6, 6.07) is 28.0. The zero-order chi connectivity index (χ0) is 23.0. The fourth-order valence-corrected chi connectivity index (χ4v) is 3.98. The molecule has 0 spiro atoms. The largest absolute Gasteiger partial charge is 0.372 e. The molecule has 166 valence electrons. The number of anilines is 1. The molecule has 0 bridgehead atoms. The van der Waals surface area contributed by atoms with Crippen LogP contribution in [0, 0.1) is 0 Å². The topological polar surface area (TPSA) is 18.8 Å². The molecule has 0 atom stereocenters. The molecule has 0 radical (unpaired) electrons. The van der Waals surface area contributed by atoms with Crippen molar-refractivity contribution >= 4 is 23.6 Å². The van der Waals surface area contributed by atoms with Crippen molar-refractivity contribution in [2.75, 3.05) is 25.0 Å². The van der Waals surface area contributed by atoms with E-state index in [-0.39, 0.29) is 0 Å². The van der Waals surface area contributed by atoms with Crippen LogP contribution in [0.2, 0.25) is 0 Å². The van der Waals surface area contributed by atoms with Gasteiger partial charge in [-0.05, 0) is 46.4 Å². The van der Waals surface area contributed by atoms with E-state index in [2.05, 4.69) is 115 Å². The first-order valence-electron chi connectivity index (χ1n) is 11.5. The van der Waals surface area contributed by atoms with Crippen molar-refractivity contribution in [2.45, 2.75) is 13.3 Å². The number of rotatable bonds is 8. The first-order chi connectivity index (χ1) is 16.1. The summed E-state index contributed by atoms with van der Waals surface area (Å²) in [4.78, 5) is 2.32. The van der Waals surface area contributed by atoms with Gasteiger partial charge in [0.25, 0.3) is 0 Å². The Labute approximate surface area is 197 Å². The van der Waals surface area contributed by atoms with Crippen molar-refractivity contribution in [3.05, 3.63) is 114 Å². The molecule has 1 heterocycles. The van der Waals surface area contributed by atoms with Crippen LogP contribution in [0.5, 0.6) is 0 Å². The predicted octanol–water partition coefficient (Wildman–Crippen LogP) is 7.11. The third kappa shape index (κ3) is 5.69. The van der Waals surface area contributed by atoms with E-state index in [1.165, 1.54) is 33.5 Å². The van der Waals surface area contributed by atoms with Gasteiger partial charge in [0.2, 0.25) is 0 Å². The van der Waals surface area contributed by atoms with E-state index in [9.17, 15) is 0 Å². The fourth-order valence-electron chi connectivity index (χ4n) is 3.98. The van der Waals surface area contributed by atoms with Crippen molar-refractivity contribution < 1.29 is 0 Å². The maximum atomic E-state index is 4.44. The number of benzene rings is 3. The maximum absolute atomic E-state index is 4.44. The average Bonchev–Trinajstić information content (AvgIpc) is 2.87. The SMILES string of the molecule is C=C1C=CN(CCN(C)c2cc(/C=C(/CC)c3ccccc3)ccc2-c2ccccc2)N=C1. The molecule has 0 aliphatic carbocycles. The normalized spacial score (nSPS) is 13.5. The highest BCUT2D eigenvalue weighted by Crippen LogP contribution is 2.33. The van der Waals surface area contributed by atoms with Crippen LogP contribution < -0.4 is 4.90 Å². The second-order valence-electron chi connectivity index (χ2n) is 8.25. The summed E-state index contributed by atoms with van der Waals surface area (Å²) in [6.45, 7) is 7.78. The minimum Gasteiger partial charge on any atom is -0.372 e. The number of hydrogen-bond donors (Lipinski definition) is 0. The second kappa shape index (κ2) is 10.6. The number of hydrogen-bond acceptors (Lipinski definition) is 3. The molecule has 0 N–H and O–H groups in total. The standard InChI is InChI=1S/C30H31N3/c1-4-26(27-11-7-5-8-12-27)21-25-15-16-29(28-13-9-6-10-14-28)30(22-25)32(3)19-20-33-18-17-24(2)23-31-33/h5-18,21-23H,2,4,19-20H2,1,3H3/b26-21-. The van der Waals surface area contributed by atoms with Gasteiger partial charge >= 0.3 is 0 Å². The summed E-state index contributed by atoms with van der Waals surface area (Å²) < 4.78 is 0. The van der Waals surface area contributed by atoms with Crippen LogP contribution in [0.3, 0.4) is 0 Å². The lowest BCUT2D eigenvalue weighted by atomic mass is 9.97. The number of nitrogens with zero attached hydrogens (tertiary/aromatic N) is 3. The van der Waals surface area contributed by atoms with Crippen molar-refractivity contribution in [1.82, 2.24) is 5.01 Å². The van der Waals surface area contributed by atoms with Gasteiger partial charge in [-0.25, -0.2) is 0 Å². The van der Waals surface area contributed by atoms with Gasteiger partial charge in [-0.3, -0.25) is 5.01 Å². The second-order valence-corrected chi connectivity index (χ2v) is 8.25. The Morgan fingerprint density at radius 3 is 2.39 bits per heavy atom. The van der Waals surface area contributed by atoms with Crippen molar-refractivity contribution in [3.63, 3.8) is 0 Å². The highest BCUT2D eigenvalue weighted by atomic mass is 15.4. The molecule has 4 rings (SSSR count). The van der Waals surface area contributed by atoms with Gasteiger partial charge in [0.1, 0.15) is 0 Å². The molecule has 0 unspecified atom stereocenters. The van der Waals surface area contributed by atoms with Gasteiger partial charge < -0.3 is 4.90 Å². The summed E-state index contributed by atoms with van der Waals surface area (Å²) in [5, 5.41) is 6.40. The zero-order valence-corrected chi connectivity index (χ0v) is 19.5. The minimum atomic E-state index is 0.801. The highest BCUT2D eigenvalue weighted by Gasteiger charge is 2.12. The van der Waals surface area contributed by atoms with E-state index in [0.29, 0.717) is 0 Å². The third-order valence-corrected chi connectivity index (χ3v) is 5.88. The van der Waals surface area contributed by atoms with Crippen molar-refractivity contribution in [3.8, 4) is 11.1 Å². The van der Waals surface area contributed by atoms with Crippen LogP contribution in [-0.4, -0.2) is 31.4 Å². The lowest BCUT2D eigenvalue weighted by molar-refractivity contribution is 0.405. The van der Waals surface area contributed by atoms with E-state index in [0.717, 1.165) is 25.1 Å². The Morgan fingerprint density at radius 1 is 1.00 bits per heavy atom. The van der Waals surface area contributed by atoms with Gasteiger partial charge in [0, 0.05) is 31.0 Å². The quantitative estimate of drug-likeness (QED) is 0.352. The Kier molecular flexibility index (Phi) is 7.21. The van der Waals surface area contributed by atoms with E-state index >= 15 is 0 Å². The Balaban J connectivity index is 1.65. The van der Waals surface area contributed by atoms with Crippen LogP contribution in [0.1, 0.15) is 24.5 Å². The van der Waals surface area contributed by atoms with Crippen LogP contribution in [0.25, 0.3) is 22.8 Å². The monoisotopic (exact) mass is 433 g/mol. The third-order valence-electron chi connectivity index (χ3n) is 5.88. The van der Waals surface area contributed by atoms with Gasteiger partial charge in [0.15, 0.2) is 0 Å². The number of allylic oxidation sites excluding steroid dienone is 3. The first-order valence-corrected chi connectivity index (χ1v) is 11.5. The summed E-state index contributed by atoms with van der Waals surface area (Å²) in [5.74, 6) is 0. The van der Waals surface area contributed by atoms with Gasteiger partial charge in [-0.15, -0.1) is 0 Å². The minimum absolute atomic E-state index is 0.801. The molecule has 3 nitrogen and oxygen atoms in total. The molecule has 1 aliphatic rings. The number of likely N-dealkylation sites (N-methyl/N-ethyl adjacent to an activating group) is 1. The summed E-state index contributed by atoms with van der Waals surface area (Å²) in [5.41, 5.74) is 8.43. The zero-order valence-electron chi connectivity index (χ0n) is 19.5. The van der Waals surface area contributed by atoms with Gasteiger partial charge in [-0.1, -0.05) is 92.4 Å². The molecule has 0 amide bonds. The van der Waals surface area contributed by atoms with Crippen molar-refractivity contribution in [2.24, 2.45) is 5.10 Å². The molecule has 0 aromatic heterocycles. The van der Waals surface area contributed by atoms with E-state index < -0.39 is 0 Å².